The molecule has 2 aliphatic heterocycles. The van der Waals surface area contributed by atoms with Gasteiger partial charge in [0.15, 0.2) is 18.4 Å². The van der Waals surface area contributed by atoms with E-state index < -0.39 is 132 Å². The molecule has 17 nitrogen and oxygen atoms in total. The smallest absolute Gasteiger partial charge is 0.187 e. The Kier molecular flexibility index (Phi) is 12.4. The third-order valence-electron chi connectivity index (χ3n) is 14.8. The average molecular weight is 805 g/mol. The van der Waals surface area contributed by atoms with Gasteiger partial charge < -0.3 is 80.2 Å². The summed E-state index contributed by atoms with van der Waals surface area (Å²) >= 11 is 0. The molecule has 2 saturated heterocycles. The van der Waals surface area contributed by atoms with Crippen LogP contribution in [0.5, 0.6) is 0 Å². The maximum Gasteiger partial charge on any atom is 0.187 e. The van der Waals surface area contributed by atoms with Gasteiger partial charge in [-0.1, -0.05) is 13.8 Å². The molecule has 12 N–H and O–H groups in total. The second kappa shape index (κ2) is 15.7. The lowest BCUT2D eigenvalue weighted by atomic mass is 9.45. The fraction of sp³-hybridized carbons (Fsp3) is 0.923. The van der Waals surface area contributed by atoms with Crippen LogP contribution in [-0.2, 0) is 23.7 Å². The van der Waals surface area contributed by atoms with Crippen molar-refractivity contribution in [2.75, 3.05) is 13.2 Å². The third-order valence-corrected chi connectivity index (χ3v) is 14.8. The highest BCUT2D eigenvalue weighted by Gasteiger charge is 2.69. The zero-order valence-corrected chi connectivity index (χ0v) is 32.8. The molecular weight excluding hydrogens is 740 g/mol. The van der Waals surface area contributed by atoms with Crippen molar-refractivity contribution in [3.63, 3.8) is 0 Å². The summed E-state index contributed by atoms with van der Waals surface area (Å²) < 4.78 is 23.3. The van der Waals surface area contributed by atoms with Crippen molar-refractivity contribution in [3.05, 3.63) is 11.6 Å². The molecule has 3 saturated carbocycles. The Labute approximate surface area is 326 Å². The summed E-state index contributed by atoms with van der Waals surface area (Å²) in [5, 5.41) is 130. The molecule has 5 fully saturated rings. The number of carbonyl (C=O) groups excluding carboxylic acids is 1. The highest BCUT2D eigenvalue weighted by Crippen LogP contribution is 2.69. The van der Waals surface area contributed by atoms with Gasteiger partial charge >= 0.3 is 0 Å². The highest BCUT2D eigenvalue weighted by atomic mass is 16.7. The van der Waals surface area contributed by atoms with E-state index in [0.717, 1.165) is 0 Å². The van der Waals surface area contributed by atoms with E-state index in [4.69, 9.17) is 18.9 Å². The molecule has 0 aromatic rings. The van der Waals surface area contributed by atoms with E-state index in [-0.39, 0.29) is 43.8 Å². The second-order valence-electron chi connectivity index (χ2n) is 18.8. The minimum atomic E-state index is -1.75. The molecule has 4 aliphatic carbocycles. The van der Waals surface area contributed by atoms with Crippen LogP contribution in [0.3, 0.4) is 0 Å². The van der Waals surface area contributed by atoms with Gasteiger partial charge in [-0.3, -0.25) is 4.79 Å². The minimum Gasteiger partial charge on any atom is -0.394 e. The normalized spacial score (nSPS) is 50.0. The van der Waals surface area contributed by atoms with Crippen LogP contribution in [0.2, 0.25) is 0 Å². The molecule has 0 amide bonds. The fourth-order valence-electron chi connectivity index (χ4n) is 11.3. The van der Waals surface area contributed by atoms with Crippen molar-refractivity contribution in [2.24, 2.45) is 28.6 Å². The monoisotopic (exact) mass is 804 g/mol. The van der Waals surface area contributed by atoms with Gasteiger partial charge in [-0.05, 0) is 101 Å². The van der Waals surface area contributed by atoms with Crippen LogP contribution in [0, 0.1) is 28.6 Å². The van der Waals surface area contributed by atoms with Gasteiger partial charge in [0.1, 0.15) is 48.8 Å². The number of aliphatic hydroxyl groups excluding tert-OH is 9. The minimum absolute atomic E-state index is 0.0387. The van der Waals surface area contributed by atoms with Crippen LogP contribution in [0.1, 0.15) is 86.0 Å². The van der Waals surface area contributed by atoms with Crippen molar-refractivity contribution in [3.8, 4) is 0 Å². The molecular formula is C39H64O17. The van der Waals surface area contributed by atoms with E-state index in [0.29, 0.717) is 24.8 Å². The Morgan fingerprint density at radius 1 is 0.821 bits per heavy atom. The van der Waals surface area contributed by atoms with Crippen LogP contribution >= 0.6 is 0 Å². The van der Waals surface area contributed by atoms with Crippen molar-refractivity contribution in [2.45, 2.75) is 183 Å². The Morgan fingerprint density at radius 3 is 1.96 bits per heavy atom. The Balaban J connectivity index is 1.25. The number of allylic oxidation sites excluding steroid dienone is 1. The number of aliphatic hydroxyl groups is 12. The zero-order valence-electron chi connectivity index (χ0n) is 32.8. The van der Waals surface area contributed by atoms with Gasteiger partial charge in [-0.15, -0.1) is 0 Å². The fourth-order valence-corrected chi connectivity index (χ4v) is 11.3. The van der Waals surface area contributed by atoms with Gasteiger partial charge in [0.05, 0.1) is 48.3 Å². The lowest BCUT2D eigenvalue weighted by molar-refractivity contribution is -0.328. The van der Waals surface area contributed by atoms with Crippen LogP contribution in [0.15, 0.2) is 11.6 Å². The van der Waals surface area contributed by atoms with Crippen molar-refractivity contribution in [1.29, 1.82) is 0 Å². The first-order valence-electron chi connectivity index (χ1n) is 20.0. The molecule has 6 aliphatic rings. The van der Waals surface area contributed by atoms with Gasteiger partial charge in [0, 0.05) is 11.3 Å². The topological polar surface area (TPSA) is 297 Å². The van der Waals surface area contributed by atoms with Crippen LogP contribution in [0.4, 0.5) is 0 Å². The quantitative estimate of drug-likeness (QED) is 0.103. The molecule has 0 bridgehead atoms. The summed E-state index contributed by atoms with van der Waals surface area (Å²) in [6.45, 7) is 7.20. The molecule has 0 radical (unpaired) electrons. The lowest BCUT2D eigenvalue weighted by Gasteiger charge is -2.61. The number of fused-ring (bicyclic) bond motifs is 5. The van der Waals surface area contributed by atoms with Gasteiger partial charge in [0.25, 0.3) is 0 Å². The van der Waals surface area contributed by atoms with Crippen molar-refractivity contribution >= 4 is 5.78 Å². The summed E-state index contributed by atoms with van der Waals surface area (Å²) in [6, 6.07) is 0. The number of rotatable bonds is 11. The van der Waals surface area contributed by atoms with Gasteiger partial charge in [-0.2, -0.15) is 0 Å². The van der Waals surface area contributed by atoms with E-state index in [1.807, 2.05) is 13.8 Å². The summed E-state index contributed by atoms with van der Waals surface area (Å²) in [5.74, 6) is -1.94. The lowest BCUT2D eigenvalue weighted by Crippen LogP contribution is -2.64. The Hall–Kier alpha value is -1.23. The molecule has 6 rings (SSSR count). The van der Waals surface area contributed by atoms with Crippen molar-refractivity contribution < 1.29 is 85.0 Å². The Bertz CT molecular complexity index is 1450. The molecule has 0 unspecified atom stereocenters. The van der Waals surface area contributed by atoms with E-state index in [1.165, 1.54) is 6.08 Å². The van der Waals surface area contributed by atoms with Gasteiger partial charge in [-0.25, -0.2) is 0 Å². The first-order chi connectivity index (χ1) is 25.9. The SMILES string of the molecule is CC(C)(O)CC[C@@H](O[C@H]1O[C@H](CO)[C@H](O)[C@H](O)[C@H]1O)[C@](C)(O)[C@H]1CC[C@@]2(O)C3=CC(=O)[C@H]4C[C@@H](O[C@H]5O[C@H](CO)[C@H](O)[C@H](O)[C@H]5O)[C@H](O)C[C@]4(C)[C@H]3CC[C@]12C. The van der Waals surface area contributed by atoms with Crippen LogP contribution in [-0.4, -0.2) is 177 Å². The summed E-state index contributed by atoms with van der Waals surface area (Å²) in [6.07, 6.45) is -15.6. The predicted molar refractivity (Wildman–Crippen MR) is 192 cm³/mol. The molecule has 20 atom stereocenters. The number of hydrogen-bond acceptors (Lipinski definition) is 17. The van der Waals surface area contributed by atoms with Crippen LogP contribution in [0.25, 0.3) is 0 Å². The van der Waals surface area contributed by atoms with E-state index in [9.17, 15) is 66.1 Å². The summed E-state index contributed by atoms with van der Waals surface area (Å²) in [5.41, 5.74) is -5.82. The second-order valence-corrected chi connectivity index (χ2v) is 18.8. The van der Waals surface area contributed by atoms with E-state index >= 15 is 0 Å². The molecule has 0 spiro atoms. The predicted octanol–water partition coefficient (Wildman–Crippen LogP) is -2.50. The number of ether oxygens (including phenoxy) is 4. The highest BCUT2D eigenvalue weighted by molar-refractivity contribution is 5.95. The number of carbonyl (C=O) groups is 1. The third kappa shape index (κ3) is 7.34. The van der Waals surface area contributed by atoms with Gasteiger partial charge in [0.2, 0.25) is 0 Å². The average Bonchev–Trinajstić information content (AvgIpc) is 3.42. The molecule has 0 aromatic carbocycles. The van der Waals surface area contributed by atoms with E-state index in [2.05, 4.69) is 0 Å². The number of hydrogen-bond donors (Lipinski definition) is 12. The largest absolute Gasteiger partial charge is 0.394 e. The number of ketones is 1. The maximum atomic E-state index is 14.1. The van der Waals surface area contributed by atoms with E-state index in [1.54, 1.807) is 20.8 Å². The Morgan fingerprint density at radius 2 is 1.39 bits per heavy atom. The maximum absolute atomic E-state index is 14.1. The van der Waals surface area contributed by atoms with Crippen LogP contribution < -0.4 is 0 Å². The zero-order chi connectivity index (χ0) is 41.5. The summed E-state index contributed by atoms with van der Waals surface area (Å²) in [7, 11) is 0. The summed E-state index contributed by atoms with van der Waals surface area (Å²) in [4.78, 5) is 14.1. The standard InChI is InChI=1S/C39H64O17/c1-35(2,50)9-8-26(56-34-32(49)30(47)28(45)24(16-41)55-34)38(5,51)25-7-11-39(52)18-12-20(42)19-13-22(53-33-31(48)29(46)27(44)23(15-40)54-33)21(43)14-36(19,3)17(18)6-10-37(25,39)4/h12,17,19,21-34,40-41,43-52H,6-11,13-16H2,1-5H3/t17-,19+,21+,22+,23+,24+,25-,26+,27-,28-,29-,30-,31+,32+,33-,34+,36+,37+,38+,39+/m0/s1. The first kappa shape index (κ1) is 44.3. The molecule has 56 heavy (non-hydrogen) atoms. The molecule has 322 valence electrons. The molecule has 0 aromatic heterocycles. The molecule has 2 heterocycles. The first-order valence-corrected chi connectivity index (χ1v) is 20.0. The van der Waals surface area contributed by atoms with Crippen molar-refractivity contribution in [1.82, 2.24) is 0 Å². The molecule has 17 heteroatoms.